The van der Waals surface area contributed by atoms with Crippen molar-refractivity contribution in [3.63, 3.8) is 0 Å². The molecular weight excluding hydrogens is 200 g/mol. The Labute approximate surface area is 88.8 Å². The van der Waals surface area contributed by atoms with Crippen molar-refractivity contribution in [3.8, 4) is 5.75 Å². The Bertz CT molecular complexity index is 311. The molecule has 0 fully saturated rings. The molecule has 0 aliphatic heterocycles. The van der Waals surface area contributed by atoms with Crippen LogP contribution in [0.3, 0.4) is 0 Å². The molecule has 0 radical (unpaired) electrons. The molecular formula is C11H13ClO2. The second kappa shape index (κ2) is 5.01. The minimum Gasteiger partial charge on any atom is -0.493 e. The Balaban J connectivity index is 2.74. The summed E-state index contributed by atoms with van der Waals surface area (Å²) in [5, 5.41) is 0.771. The monoisotopic (exact) mass is 212 g/mol. The van der Waals surface area contributed by atoms with Gasteiger partial charge in [-0.15, -0.1) is 0 Å². The molecule has 0 saturated carbocycles. The first-order valence-electron chi connectivity index (χ1n) is 4.48. The van der Waals surface area contributed by atoms with Crippen molar-refractivity contribution in [2.45, 2.75) is 20.3 Å². The quantitative estimate of drug-likeness (QED) is 0.567. The van der Waals surface area contributed by atoms with E-state index in [0.29, 0.717) is 13.0 Å². The smallest absolute Gasteiger partial charge is 0.123 e. The second-order valence-corrected chi connectivity index (χ2v) is 3.55. The molecule has 0 aromatic heterocycles. The summed E-state index contributed by atoms with van der Waals surface area (Å²) in [5.41, 5.74) is 1.99. The molecule has 14 heavy (non-hydrogen) atoms. The highest BCUT2D eigenvalue weighted by atomic mass is 35.5. The van der Waals surface area contributed by atoms with Gasteiger partial charge in [-0.05, 0) is 37.1 Å². The number of rotatable bonds is 4. The molecule has 0 N–H and O–H groups in total. The van der Waals surface area contributed by atoms with Gasteiger partial charge in [-0.2, -0.15) is 0 Å². The molecule has 0 bridgehead atoms. The van der Waals surface area contributed by atoms with Gasteiger partial charge in [0.1, 0.15) is 12.0 Å². The molecule has 0 amide bonds. The topological polar surface area (TPSA) is 26.3 Å². The third kappa shape index (κ3) is 2.74. The van der Waals surface area contributed by atoms with E-state index >= 15 is 0 Å². The fourth-order valence-electron chi connectivity index (χ4n) is 1.21. The van der Waals surface area contributed by atoms with E-state index in [-0.39, 0.29) is 0 Å². The van der Waals surface area contributed by atoms with Crippen molar-refractivity contribution < 1.29 is 9.53 Å². The van der Waals surface area contributed by atoms with Crippen LogP contribution in [0.25, 0.3) is 0 Å². The number of halogens is 1. The van der Waals surface area contributed by atoms with Crippen molar-refractivity contribution in [1.82, 2.24) is 0 Å². The Morgan fingerprint density at radius 2 is 1.93 bits per heavy atom. The maximum absolute atomic E-state index is 10.1. The van der Waals surface area contributed by atoms with Gasteiger partial charge in [0, 0.05) is 11.4 Å². The minimum atomic E-state index is 0.417. The number of carbonyl (C=O) groups excluding carboxylic acids is 1. The lowest BCUT2D eigenvalue weighted by Gasteiger charge is -2.08. The highest BCUT2D eigenvalue weighted by Crippen LogP contribution is 2.25. The summed E-state index contributed by atoms with van der Waals surface area (Å²) >= 11 is 6.00. The minimum absolute atomic E-state index is 0.417. The van der Waals surface area contributed by atoms with Crippen LogP contribution in [0.4, 0.5) is 0 Å². The maximum atomic E-state index is 10.1. The first-order valence-corrected chi connectivity index (χ1v) is 4.86. The van der Waals surface area contributed by atoms with E-state index < -0.39 is 0 Å². The van der Waals surface area contributed by atoms with E-state index in [1.807, 2.05) is 26.0 Å². The summed E-state index contributed by atoms with van der Waals surface area (Å²) in [6.45, 7) is 4.29. The summed E-state index contributed by atoms with van der Waals surface area (Å²) in [7, 11) is 0. The Kier molecular flexibility index (Phi) is 3.96. The van der Waals surface area contributed by atoms with Crippen LogP contribution in [-0.4, -0.2) is 12.9 Å². The molecule has 0 saturated heterocycles. The highest BCUT2D eigenvalue weighted by Gasteiger charge is 2.02. The largest absolute Gasteiger partial charge is 0.493 e. The first kappa shape index (κ1) is 11.1. The van der Waals surface area contributed by atoms with Crippen molar-refractivity contribution in [2.75, 3.05) is 6.61 Å². The number of hydrogen-bond donors (Lipinski definition) is 0. The average Bonchev–Trinajstić information content (AvgIpc) is 2.14. The first-order chi connectivity index (χ1) is 6.65. The Morgan fingerprint density at radius 3 is 2.43 bits per heavy atom. The molecule has 0 heterocycles. The van der Waals surface area contributed by atoms with Crippen molar-refractivity contribution >= 4 is 17.9 Å². The van der Waals surface area contributed by atoms with E-state index in [0.717, 1.165) is 28.2 Å². The van der Waals surface area contributed by atoms with Crippen molar-refractivity contribution in [3.05, 3.63) is 28.3 Å². The van der Waals surface area contributed by atoms with Crippen LogP contribution < -0.4 is 4.74 Å². The number of benzene rings is 1. The predicted octanol–water partition coefficient (Wildman–Crippen LogP) is 2.92. The van der Waals surface area contributed by atoms with Crippen LogP contribution in [0.1, 0.15) is 17.5 Å². The van der Waals surface area contributed by atoms with Crippen LogP contribution in [0.5, 0.6) is 5.75 Å². The standard InChI is InChI=1S/C11H13ClO2/c1-8-6-10(14-5-3-4-13)7-9(2)11(8)12/h4,6-7H,3,5H2,1-2H3. The van der Waals surface area contributed by atoms with Gasteiger partial charge in [-0.1, -0.05) is 11.6 Å². The lowest BCUT2D eigenvalue weighted by Crippen LogP contribution is -1.98. The molecule has 0 aliphatic rings. The molecule has 3 heteroatoms. The third-order valence-corrected chi connectivity index (χ3v) is 2.51. The number of hydrogen-bond acceptors (Lipinski definition) is 2. The van der Waals surface area contributed by atoms with Gasteiger partial charge in [-0.3, -0.25) is 0 Å². The van der Waals surface area contributed by atoms with Crippen LogP contribution in [0.2, 0.25) is 5.02 Å². The van der Waals surface area contributed by atoms with E-state index in [4.69, 9.17) is 16.3 Å². The normalized spacial score (nSPS) is 9.93. The lowest BCUT2D eigenvalue weighted by molar-refractivity contribution is -0.108. The summed E-state index contributed by atoms with van der Waals surface area (Å²) < 4.78 is 5.37. The van der Waals surface area contributed by atoms with Gasteiger partial charge in [0.15, 0.2) is 0 Å². The number of ether oxygens (including phenoxy) is 1. The highest BCUT2D eigenvalue weighted by molar-refractivity contribution is 6.32. The van der Waals surface area contributed by atoms with Gasteiger partial charge in [-0.25, -0.2) is 0 Å². The van der Waals surface area contributed by atoms with Gasteiger partial charge in [0.05, 0.1) is 6.61 Å². The van der Waals surface area contributed by atoms with E-state index in [9.17, 15) is 4.79 Å². The molecule has 1 aromatic rings. The van der Waals surface area contributed by atoms with Crippen LogP contribution in [-0.2, 0) is 4.79 Å². The fraction of sp³-hybridized carbons (Fsp3) is 0.364. The summed E-state index contributed by atoms with van der Waals surface area (Å²) in [5.74, 6) is 0.770. The zero-order chi connectivity index (χ0) is 10.6. The zero-order valence-electron chi connectivity index (χ0n) is 8.34. The van der Waals surface area contributed by atoms with Gasteiger partial charge < -0.3 is 9.53 Å². The Morgan fingerprint density at radius 1 is 1.36 bits per heavy atom. The Hall–Kier alpha value is -1.02. The van der Waals surface area contributed by atoms with Gasteiger partial charge in [0.2, 0.25) is 0 Å². The van der Waals surface area contributed by atoms with Gasteiger partial charge in [0.25, 0.3) is 0 Å². The van der Waals surface area contributed by atoms with Crippen LogP contribution >= 0.6 is 11.6 Å². The average molecular weight is 213 g/mol. The second-order valence-electron chi connectivity index (χ2n) is 3.17. The number of aryl methyl sites for hydroxylation is 2. The van der Waals surface area contributed by atoms with E-state index in [2.05, 4.69) is 0 Å². The van der Waals surface area contributed by atoms with Crippen molar-refractivity contribution in [1.29, 1.82) is 0 Å². The third-order valence-electron chi connectivity index (χ3n) is 1.91. The molecule has 76 valence electrons. The SMILES string of the molecule is Cc1cc(OCCC=O)cc(C)c1Cl. The number of aldehydes is 1. The zero-order valence-corrected chi connectivity index (χ0v) is 9.10. The fourth-order valence-corrected chi connectivity index (χ4v) is 1.32. The molecule has 0 spiro atoms. The summed E-state index contributed by atoms with van der Waals surface area (Å²) in [6.07, 6.45) is 1.26. The lowest BCUT2D eigenvalue weighted by atomic mass is 10.1. The molecule has 0 aliphatic carbocycles. The number of carbonyl (C=O) groups is 1. The molecule has 0 unspecified atom stereocenters. The van der Waals surface area contributed by atoms with Crippen molar-refractivity contribution in [2.24, 2.45) is 0 Å². The summed E-state index contributed by atoms with van der Waals surface area (Å²) in [4.78, 5) is 10.1. The predicted molar refractivity (Wildman–Crippen MR) is 57.1 cm³/mol. The van der Waals surface area contributed by atoms with Crippen LogP contribution in [0, 0.1) is 13.8 Å². The van der Waals surface area contributed by atoms with E-state index in [1.54, 1.807) is 0 Å². The van der Waals surface area contributed by atoms with E-state index in [1.165, 1.54) is 0 Å². The maximum Gasteiger partial charge on any atom is 0.123 e. The molecule has 0 atom stereocenters. The van der Waals surface area contributed by atoms with Crippen LogP contribution in [0.15, 0.2) is 12.1 Å². The van der Waals surface area contributed by atoms with Gasteiger partial charge >= 0.3 is 0 Å². The molecule has 1 aromatic carbocycles. The molecule has 1 rings (SSSR count). The molecule has 2 nitrogen and oxygen atoms in total. The summed E-state index contributed by atoms with van der Waals surface area (Å²) in [6, 6.07) is 3.75.